The predicted octanol–water partition coefficient (Wildman–Crippen LogP) is 0.289. The Hall–Kier alpha value is -3.88. The number of aryl methyl sites for hydroxylation is 1. The van der Waals surface area contributed by atoms with Crippen molar-refractivity contribution in [1.82, 2.24) is 10.6 Å². The molecular weight excluding hydrogens is 420 g/mol. The first-order chi connectivity index (χ1) is 15.7. The highest BCUT2D eigenvalue weighted by atomic mass is 16.2. The fourth-order valence-corrected chi connectivity index (χ4v) is 3.25. The second-order valence-corrected chi connectivity index (χ2v) is 7.88. The van der Waals surface area contributed by atoms with Crippen LogP contribution in [0.5, 0.6) is 0 Å². The number of hydrogen-bond acceptors (Lipinski definition) is 4. The van der Waals surface area contributed by atoms with Crippen LogP contribution in [0.15, 0.2) is 59.6 Å². The normalized spacial score (nSPS) is 12.3. The lowest BCUT2D eigenvalue weighted by Crippen LogP contribution is -2.53. The third-order valence-electron chi connectivity index (χ3n) is 5.02. The maximum Gasteiger partial charge on any atom is 0.243 e. The molecule has 3 amide bonds. The molecule has 0 unspecified atom stereocenters. The van der Waals surface area contributed by atoms with Gasteiger partial charge in [0.25, 0.3) is 0 Å². The highest BCUT2D eigenvalue weighted by Crippen LogP contribution is 2.07. The maximum atomic E-state index is 13.0. The number of nitrogens with one attached hydrogen (secondary N) is 2. The Morgan fingerprint density at radius 3 is 2.15 bits per heavy atom. The summed E-state index contributed by atoms with van der Waals surface area (Å²) < 4.78 is 0. The number of benzene rings is 2. The van der Waals surface area contributed by atoms with Gasteiger partial charge in [0.2, 0.25) is 17.7 Å². The average Bonchev–Trinajstić information content (AvgIpc) is 2.77. The fourth-order valence-electron chi connectivity index (χ4n) is 3.25. The number of hydrogen-bond donors (Lipinski definition) is 5. The number of guanidine groups is 1. The van der Waals surface area contributed by atoms with Crippen LogP contribution in [0.1, 0.15) is 29.5 Å². The molecule has 0 aliphatic carbocycles. The van der Waals surface area contributed by atoms with Gasteiger partial charge in [-0.2, -0.15) is 0 Å². The van der Waals surface area contributed by atoms with Crippen molar-refractivity contribution in [1.29, 1.82) is 0 Å². The summed E-state index contributed by atoms with van der Waals surface area (Å²) in [5.74, 6) is -1.50. The van der Waals surface area contributed by atoms with Crippen LogP contribution in [-0.2, 0) is 27.2 Å². The monoisotopic (exact) mass is 452 g/mol. The van der Waals surface area contributed by atoms with Gasteiger partial charge in [-0.15, -0.1) is 0 Å². The summed E-state index contributed by atoms with van der Waals surface area (Å²) in [6.45, 7) is 2.27. The van der Waals surface area contributed by atoms with Gasteiger partial charge in [0.05, 0.1) is 6.42 Å². The molecule has 2 aromatic carbocycles. The Kier molecular flexibility index (Phi) is 9.88. The van der Waals surface area contributed by atoms with E-state index in [1.165, 1.54) is 0 Å². The van der Waals surface area contributed by atoms with Crippen LogP contribution in [0.25, 0.3) is 0 Å². The molecule has 9 heteroatoms. The molecule has 33 heavy (non-hydrogen) atoms. The second kappa shape index (κ2) is 12.8. The van der Waals surface area contributed by atoms with E-state index in [0.29, 0.717) is 19.4 Å². The van der Waals surface area contributed by atoms with Gasteiger partial charge in [0.1, 0.15) is 12.1 Å². The van der Waals surface area contributed by atoms with Crippen molar-refractivity contribution in [2.45, 2.75) is 44.7 Å². The molecule has 8 N–H and O–H groups in total. The number of aliphatic imine (C=N–C) groups is 1. The first kappa shape index (κ1) is 25.4. The van der Waals surface area contributed by atoms with Crippen molar-refractivity contribution in [2.24, 2.45) is 22.2 Å². The molecule has 0 fully saturated rings. The van der Waals surface area contributed by atoms with Gasteiger partial charge in [-0.1, -0.05) is 60.2 Å². The largest absolute Gasteiger partial charge is 0.370 e. The molecule has 0 aliphatic rings. The Balaban J connectivity index is 2.06. The van der Waals surface area contributed by atoms with E-state index in [2.05, 4.69) is 15.6 Å². The zero-order chi connectivity index (χ0) is 24.2. The molecule has 2 aromatic rings. The molecule has 0 spiro atoms. The zero-order valence-corrected chi connectivity index (χ0v) is 18.8. The smallest absolute Gasteiger partial charge is 0.243 e. The number of amides is 3. The van der Waals surface area contributed by atoms with E-state index >= 15 is 0 Å². The van der Waals surface area contributed by atoms with Gasteiger partial charge >= 0.3 is 0 Å². The minimum atomic E-state index is -0.908. The SMILES string of the molecule is Cc1ccc(CC(=O)N[C@@H](CCCN=C(N)N)C(=O)N[C@@H](Cc2ccccc2)C(N)=O)cc1. The third-order valence-corrected chi connectivity index (χ3v) is 5.02. The first-order valence-electron chi connectivity index (χ1n) is 10.8. The summed E-state index contributed by atoms with van der Waals surface area (Å²) in [6, 6.07) is 15.0. The van der Waals surface area contributed by atoms with Gasteiger partial charge in [-0.05, 0) is 30.9 Å². The molecule has 2 atom stereocenters. The number of nitrogens with zero attached hydrogens (tertiary/aromatic N) is 1. The average molecular weight is 453 g/mol. The molecule has 0 bridgehead atoms. The molecule has 0 radical (unpaired) electrons. The van der Waals surface area contributed by atoms with Crippen molar-refractivity contribution in [2.75, 3.05) is 6.54 Å². The standard InChI is InChI=1S/C24H32N6O3/c1-16-9-11-18(12-10-16)15-21(31)29-19(8-5-13-28-24(26)27)23(33)30-20(22(25)32)14-17-6-3-2-4-7-17/h2-4,6-7,9-12,19-20H,5,8,13-15H2,1H3,(H2,25,32)(H,29,31)(H,30,33)(H4,26,27,28)/t19-,20-/m0/s1. The highest BCUT2D eigenvalue weighted by Gasteiger charge is 2.25. The number of carbonyl (C=O) groups is 3. The summed E-state index contributed by atoms with van der Waals surface area (Å²) in [6.07, 6.45) is 1.13. The summed E-state index contributed by atoms with van der Waals surface area (Å²) in [5.41, 5.74) is 19.0. The highest BCUT2D eigenvalue weighted by molar-refractivity contribution is 5.92. The van der Waals surface area contributed by atoms with Crippen LogP contribution in [0.3, 0.4) is 0 Å². The summed E-state index contributed by atoms with van der Waals surface area (Å²) in [5, 5.41) is 5.44. The van der Waals surface area contributed by atoms with Gasteiger partial charge in [0.15, 0.2) is 5.96 Å². The summed E-state index contributed by atoms with van der Waals surface area (Å²) >= 11 is 0. The van der Waals surface area contributed by atoms with Crippen LogP contribution in [0.2, 0.25) is 0 Å². The second-order valence-electron chi connectivity index (χ2n) is 7.88. The van der Waals surface area contributed by atoms with Crippen LogP contribution in [0.4, 0.5) is 0 Å². The fraction of sp³-hybridized carbons (Fsp3) is 0.333. The lowest BCUT2D eigenvalue weighted by molar-refractivity contribution is -0.131. The minimum absolute atomic E-state index is 0.0453. The lowest BCUT2D eigenvalue weighted by Gasteiger charge is -2.22. The molecule has 0 saturated heterocycles. The van der Waals surface area contributed by atoms with Gasteiger partial charge in [-0.25, -0.2) is 0 Å². The number of rotatable bonds is 12. The van der Waals surface area contributed by atoms with Gasteiger partial charge in [-0.3, -0.25) is 19.4 Å². The molecular formula is C24H32N6O3. The van der Waals surface area contributed by atoms with E-state index in [1.54, 1.807) is 0 Å². The van der Waals surface area contributed by atoms with Crippen molar-refractivity contribution in [3.8, 4) is 0 Å². The Morgan fingerprint density at radius 2 is 1.55 bits per heavy atom. The van der Waals surface area contributed by atoms with Crippen molar-refractivity contribution in [3.63, 3.8) is 0 Å². The molecule has 176 valence electrons. The molecule has 0 saturated carbocycles. The van der Waals surface area contributed by atoms with E-state index in [4.69, 9.17) is 17.2 Å². The Morgan fingerprint density at radius 1 is 0.879 bits per heavy atom. The molecule has 0 aliphatic heterocycles. The van der Waals surface area contributed by atoms with E-state index in [9.17, 15) is 14.4 Å². The molecule has 0 heterocycles. The van der Waals surface area contributed by atoms with Crippen LogP contribution in [0, 0.1) is 6.92 Å². The summed E-state index contributed by atoms with van der Waals surface area (Å²) in [4.78, 5) is 41.5. The number of nitrogens with two attached hydrogens (primary N) is 3. The molecule has 2 rings (SSSR count). The predicted molar refractivity (Wildman–Crippen MR) is 128 cm³/mol. The Bertz CT molecular complexity index is 956. The van der Waals surface area contributed by atoms with Crippen molar-refractivity contribution in [3.05, 3.63) is 71.3 Å². The Labute approximate surface area is 193 Å². The number of carbonyl (C=O) groups excluding carboxylic acids is 3. The van der Waals surface area contributed by atoms with Crippen LogP contribution in [-0.4, -0.2) is 42.3 Å². The minimum Gasteiger partial charge on any atom is -0.370 e. The first-order valence-corrected chi connectivity index (χ1v) is 10.8. The molecule has 9 nitrogen and oxygen atoms in total. The zero-order valence-electron chi connectivity index (χ0n) is 18.8. The van der Waals surface area contributed by atoms with Crippen LogP contribution < -0.4 is 27.8 Å². The van der Waals surface area contributed by atoms with Gasteiger partial charge < -0.3 is 27.8 Å². The third kappa shape index (κ3) is 9.42. The van der Waals surface area contributed by atoms with E-state index in [-0.39, 0.29) is 24.7 Å². The quantitative estimate of drug-likeness (QED) is 0.177. The van der Waals surface area contributed by atoms with Gasteiger partial charge in [0, 0.05) is 13.0 Å². The lowest BCUT2D eigenvalue weighted by atomic mass is 10.0. The van der Waals surface area contributed by atoms with E-state index in [1.807, 2.05) is 61.5 Å². The topological polar surface area (TPSA) is 166 Å². The van der Waals surface area contributed by atoms with E-state index in [0.717, 1.165) is 16.7 Å². The van der Waals surface area contributed by atoms with Crippen molar-refractivity contribution < 1.29 is 14.4 Å². The van der Waals surface area contributed by atoms with E-state index < -0.39 is 23.9 Å². The molecule has 0 aromatic heterocycles. The summed E-state index contributed by atoms with van der Waals surface area (Å²) in [7, 11) is 0. The van der Waals surface area contributed by atoms with Crippen LogP contribution >= 0.6 is 0 Å². The maximum absolute atomic E-state index is 13.0. The number of primary amides is 1. The van der Waals surface area contributed by atoms with Crippen molar-refractivity contribution >= 4 is 23.7 Å².